The lowest BCUT2D eigenvalue weighted by Crippen LogP contribution is -2.45. The Morgan fingerprint density at radius 3 is 2.41 bits per heavy atom. The second-order valence-electron chi connectivity index (χ2n) is 5.78. The van der Waals surface area contributed by atoms with E-state index in [1.54, 1.807) is 6.92 Å². The summed E-state index contributed by atoms with van der Waals surface area (Å²) in [4.78, 5) is 11.1. The maximum Gasteiger partial charge on any atom is 0.248 e. The summed E-state index contributed by atoms with van der Waals surface area (Å²) < 4.78 is 5.07. The first-order chi connectivity index (χ1) is 10.4. The Kier molecular flexibility index (Phi) is 7.87. The van der Waals surface area contributed by atoms with Crippen LogP contribution in [0.25, 0.3) is 0 Å². The summed E-state index contributed by atoms with van der Waals surface area (Å²) in [7, 11) is 0. The summed E-state index contributed by atoms with van der Waals surface area (Å²) in [6, 6.07) is 1.06. The van der Waals surface area contributed by atoms with Crippen molar-refractivity contribution in [3.63, 3.8) is 0 Å². The minimum Gasteiger partial charge on any atom is -0.357 e. The molecule has 0 radical (unpaired) electrons. The average molecular weight is 310 g/mol. The van der Waals surface area contributed by atoms with Crippen molar-refractivity contribution >= 4 is 5.96 Å². The lowest BCUT2D eigenvalue weighted by Gasteiger charge is -2.30. The Labute approximate surface area is 133 Å². The summed E-state index contributed by atoms with van der Waals surface area (Å²) in [6.07, 6.45) is 0. The van der Waals surface area contributed by atoms with Crippen molar-refractivity contribution in [3.05, 3.63) is 11.7 Å². The van der Waals surface area contributed by atoms with Crippen LogP contribution in [0.1, 0.15) is 46.3 Å². The highest BCUT2D eigenvalue weighted by Gasteiger charge is 2.12. The quantitative estimate of drug-likeness (QED) is 0.560. The van der Waals surface area contributed by atoms with Crippen LogP contribution >= 0.6 is 0 Å². The molecule has 0 aliphatic heterocycles. The van der Waals surface area contributed by atoms with E-state index in [9.17, 15) is 0 Å². The molecule has 0 bridgehead atoms. The predicted octanol–water partition coefficient (Wildman–Crippen LogP) is 1.55. The van der Waals surface area contributed by atoms with E-state index >= 15 is 0 Å². The SMILES string of the molecule is CCNC(=NCc1nc(C)no1)NCCN(C(C)C)C(C)C. The lowest BCUT2D eigenvalue weighted by molar-refractivity contribution is 0.178. The molecule has 0 aliphatic rings. The van der Waals surface area contributed by atoms with Gasteiger partial charge in [-0.3, -0.25) is 4.90 Å². The van der Waals surface area contributed by atoms with E-state index in [0.29, 0.717) is 30.3 Å². The van der Waals surface area contributed by atoms with E-state index in [2.05, 4.69) is 58.4 Å². The molecule has 126 valence electrons. The number of rotatable bonds is 8. The van der Waals surface area contributed by atoms with Crippen molar-refractivity contribution < 1.29 is 4.52 Å². The smallest absolute Gasteiger partial charge is 0.248 e. The van der Waals surface area contributed by atoms with Crippen LogP contribution in [0.4, 0.5) is 0 Å². The average Bonchev–Trinajstić information content (AvgIpc) is 2.85. The van der Waals surface area contributed by atoms with Crippen LogP contribution in [0.15, 0.2) is 9.52 Å². The summed E-state index contributed by atoms with van der Waals surface area (Å²) >= 11 is 0. The number of aromatic nitrogens is 2. The zero-order chi connectivity index (χ0) is 16.5. The van der Waals surface area contributed by atoms with E-state index in [4.69, 9.17) is 4.52 Å². The highest BCUT2D eigenvalue weighted by molar-refractivity contribution is 5.79. The van der Waals surface area contributed by atoms with E-state index in [1.807, 2.05) is 6.92 Å². The zero-order valence-corrected chi connectivity index (χ0v) is 14.7. The van der Waals surface area contributed by atoms with Gasteiger partial charge in [-0.1, -0.05) is 5.16 Å². The molecule has 1 heterocycles. The Hall–Kier alpha value is -1.63. The second kappa shape index (κ2) is 9.40. The minimum atomic E-state index is 0.383. The fourth-order valence-electron chi connectivity index (χ4n) is 2.31. The van der Waals surface area contributed by atoms with Crippen LogP contribution in [0.3, 0.4) is 0 Å². The number of nitrogens with zero attached hydrogens (tertiary/aromatic N) is 4. The third kappa shape index (κ3) is 6.43. The molecule has 0 saturated heterocycles. The van der Waals surface area contributed by atoms with Crippen molar-refractivity contribution in [3.8, 4) is 0 Å². The molecule has 1 aromatic heterocycles. The van der Waals surface area contributed by atoms with Crippen molar-refractivity contribution in [2.45, 2.75) is 60.2 Å². The van der Waals surface area contributed by atoms with Crippen LogP contribution in [-0.2, 0) is 6.54 Å². The molecule has 1 aromatic rings. The van der Waals surface area contributed by atoms with E-state index in [-0.39, 0.29) is 0 Å². The molecule has 0 unspecified atom stereocenters. The minimum absolute atomic E-state index is 0.383. The molecule has 0 aromatic carbocycles. The number of guanidine groups is 1. The largest absolute Gasteiger partial charge is 0.357 e. The number of hydrogen-bond donors (Lipinski definition) is 2. The second-order valence-corrected chi connectivity index (χ2v) is 5.78. The summed E-state index contributed by atoms with van der Waals surface area (Å²) in [5.41, 5.74) is 0. The molecule has 0 aliphatic carbocycles. The Balaban J connectivity index is 2.49. The first kappa shape index (κ1) is 18.4. The highest BCUT2D eigenvalue weighted by Crippen LogP contribution is 2.03. The molecule has 0 fully saturated rings. The van der Waals surface area contributed by atoms with Crippen LogP contribution < -0.4 is 10.6 Å². The van der Waals surface area contributed by atoms with Gasteiger partial charge >= 0.3 is 0 Å². The van der Waals surface area contributed by atoms with Gasteiger partial charge in [0.15, 0.2) is 11.8 Å². The van der Waals surface area contributed by atoms with Crippen molar-refractivity contribution in [2.24, 2.45) is 4.99 Å². The van der Waals surface area contributed by atoms with Gasteiger partial charge in [0, 0.05) is 31.7 Å². The van der Waals surface area contributed by atoms with Gasteiger partial charge in [-0.25, -0.2) is 4.99 Å². The van der Waals surface area contributed by atoms with Crippen molar-refractivity contribution in [1.29, 1.82) is 0 Å². The van der Waals surface area contributed by atoms with Gasteiger partial charge in [0.25, 0.3) is 0 Å². The number of aliphatic imine (C=N–C) groups is 1. The maximum absolute atomic E-state index is 5.07. The normalized spacial score (nSPS) is 12.5. The van der Waals surface area contributed by atoms with Gasteiger partial charge in [0.1, 0.15) is 6.54 Å². The molecular weight excluding hydrogens is 280 g/mol. The van der Waals surface area contributed by atoms with Crippen LogP contribution in [0.5, 0.6) is 0 Å². The molecule has 7 nitrogen and oxygen atoms in total. The highest BCUT2D eigenvalue weighted by atomic mass is 16.5. The van der Waals surface area contributed by atoms with Gasteiger partial charge in [-0.2, -0.15) is 4.98 Å². The molecule has 0 saturated carbocycles. The number of hydrogen-bond acceptors (Lipinski definition) is 5. The Morgan fingerprint density at radius 1 is 1.23 bits per heavy atom. The third-order valence-corrected chi connectivity index (χ3v) is 3.28. The van der Waals surface area contributed by atoms with Crippen LogP contribution in [0, 0.1) is 6.92 Å². The van der Waals surface area contributed by atoms with Gasteiger partial charge in [-0.05, 0) is 41.5 Å². The molecule has 0 atom stereocenters. The van der Waals surface area contributed by atoms with E-state index < -0.39 is 0 Å². The summed E-state index contributed by atoms with van der Waals surface area (Å²) in [5.74, 6) is 1.93. The van der Waals surface area contributed by atoms with Crippen molar-refractivity contribution in [2.75, 3.05) is 19.6 Å². The molecule has 22 heavy (non-hydrogen) atoms. The van der Waals surface area contributed by atoms with Gasteiger partial charge in [-0.15, -0.1) is 0 Å². The standard InChI is InChI=1S/C15H30N6O/c1-7-16-15(18-10-14-19-13(6)20-22-14)17-8-9-21(11(2)3)12(4)5/h11-12H,7-10H2,1-6H3,(H2,16,17,18). The first-order valence-electron chi connectivity index (χ1n) is 8.01. The van der Waals surface area contributed by atoms with E-state index in [1.165, 1.54) is 0 Å². The third-order valence-electron chi connectivity index (χ3n) is 3.28. The van der Waals surface area contributed by atoms with Crippen LogP contribution in [0.2, 0.25) is 0 Å². The summed E-state index contributed by atoms with van der Waals surface area (Å²) in [6.45, 7) is 15.7. The molecule has 7 heteroatoms. The molecule has 0 amide bonds. The monoisotopic (exact) mass is 310 g/mol. The van der Waals surface area contributed by atoms with Crippen LogP contribution in [-0.4, -0.2) is 52.7 Å². The fourth-order valence-corrected chi connectivity index (χ4v) is 2.31. The fraction of sp³-hybridized carbons (Fsp3) is 0.800. The maximum atomic E-state index is 5.07. The first-order valence-corrected chi connectivity index (χ1v) is 8.01. The van der Waals surface area contributed by atoms with E-state index in [0.717, 1.165) is 25.6 Å². The predicted molar refractivity (Wildman–Crippen MR) is 88.8 cm³/mol. The Bertz CT molecular complexity index is 447. The lowest BCUT2D eigenvalue weighted by atomic mass is 10.2. The molecule has 1 rings (SSSR count). The van der Waals surface area contributed by atoms with Gasteiger partial charge in [0.05, 0.1) is 0 Å². The van der Waals surface area contributed by atoms with Gasteiger partial charge in [0.2, 0.25) is 5.89 Å². The summed E-state index contributed by atoms with van der Waals surface area (Å²) in [5, 5.41) is 10.3. The number of aryl methyl sites for hydroxylation is 1. The Morgan fingerprint density at radius 2 is 1.91 bits per heavy atom. The number of nitrogens with one attached hydrogen (secondary N) is 2. The zero-order valence-electron chi connectivity index (χ0n) is 14.7. The van der Waals surface area contributed by atoms with Gasteiger partial charge < -0.3 is 15.2 Å². The molecule has 0 spiro atoms. The molecular formula is C15H30N6O. The van der Waals surface area contributed by atoms with Crippen molar-refractivity contribution in [1.82, 2.24) is 25.7 Å². The molecule has 2 N–H and O–H groups in total. The topological polar surface area (TPSA) is 78.6 Å².